The van der Waals surface area contributed by atoms with Crippen molar-refractivity contribution in [3.8, 4) is 0 Å². The zero-order chi connectivity index (χ0) is 16.7. The number of aromatic nitrogens is 3. The molecule has 0 fully saturated rings. The van der Waals surface area contributed by atoms with Crippen molar-refractivity contribution in [2.24, 2.45) is 0 Å². The summed E-state index contributed by atoms with van der Waals surface area (Å²) in [5.74, 6) is 0.640. The Morgan fingerprint density at radius 3 is 2.88 bits per heavy atom. The van der Waals surface area contributed by atoms with Crippen LogP contribution in [-0.4, -0.2) is 14.4 Å². The summed E-state index contributed by atoms with van der Waals surface area (Å²) in [5.41, 5.74) is 4.62. The summed E-state index contributed by atoms with van der Waals surface area (Å²) < 4.78 is 7.07. The van der Waals surface area contributed by atoms with Crippen molar-refractivity contribution < 1.29 is 4.42 Å². The average Bonchev–Trinajstić information content (AvgIpc) is 2.92. The number of nitrogens with one attached hydrogen (secondary N) is 1. The maximum absolute atomic E-state index is 12.3. The van der Waals surface area contributed by atoms with Crippen LogP contribution in [0.15, 0.2) is 51.7 Å². The highest BCUT2D eigenvalue weighted by molar-refractivity contribution is 5.77. The van der Waals surface area contributed by atoms with Gasteiger partial charge in [0, 0.05) is 24.4 Å². The molecule has 0 aliphatic heterocycles. The highest BCUT2D eigenvalue weighted by Gasteiger charge is 2.06. The minimum absolute atomic E-state index is 0.0718. The molecule has 0 saturated carbocycles. The molecular formula is C18H16N4O2. The van der Waals surface area contributed by atoms with Gasteiger partial charge in [0.15, 0.2) is 11.5 Å². The van der Waals surface area contributed by atoms with Crippen LogP contribution in [0.25, 0.3) is 16.7 Å². The van der Waals surface area contributed by atoms with Crippen LogP contribution in [0.5, 0.6) is 0 Å². The molecule has 0 saturated heterocycles. The lowest BCUT2D eigenvalue weighted by Crippen LogP contribution is -2.18. The third kappa shape index (κ3) is 2.52. The molecule has 0 spiro atoms. The van der Waals surface area contributed by atoms with Gasteiger partial charge in [-0.25, -0.2) is 9.97 Å². The monoisotopic (exact) mass is 320 g/mol. The molecule has 120 valence electrons. The van der Waals surface area contributed by atoms with Crippen LogP contribution in [0.2, 0.25) is 0 Å². The minimum atomic E-state index is -0.0718. The Labute approximate surface area is 137 Å². The Bertz CT molecular complexity index is 1110. The van der Waals surface area contributed by atoms with E-state index in [9.17, 15) is 4.79 Å². The SMILES string of the molecule is Cc1nc2cc(NCc3cc(=O)n4c(C)cccc4n3)ccc2o1. The second-order valence-electron chi connectivity index (χ2n) is 5.72. The topological polar surface area (TPSA) is 72.4 Å². The van der Waals surface area contributed by atoms with Crippen molar-refractivity contribution in [2.75, 3.05) is 5.32 Å². The van der Waals surface area contributed by atoms with E-state index >= 15 is 0 Å². The predicted octanol–water partition coefficient (Wildman–Crippen LogP) is 3.06. The number of fused-ring (bicyclic) bond motifs is 2. The first-order valence-electron chi connectivity index (χ1n) is 7.69. The number of hydrogen-bond donors (Lipinski definition) is 1. The average molecular weight is 320 g/mol. The molecule has 3 heterocycles. The van der Waals surface area contributed by atoms with E-state index in [0.717, 1.165) is 22.5 Å². The first-order chi connectivity index (χ1) is 11.6. The van der Waals surface area contributed by atoms with Gasteiger partial charge in [-0.1, -0.05) is 6.07 Å². The van der Waals surface area contributed by atoms with Crippen LogP contribution < -0.4 is 10.9 Å². The number of nitrogens with zero attached hydrogens (tertiary/aromatic N) is 3. The lowest BCUT2D eigenvalue weighted by molar-refractivity contribution is 0.561. The van der Waals surface area contributed by atoms with Crippen LogP contribution in [0.3, 0.4) is 0 Å². The first kappa shape index (κ1) is 14.4. The summed E-state index contributed by atoms with van der Waals surface area (Å²) in [7, 11) is 0. The number of oxazole rings is 1. The van der Waals surface area contributed by atoms with Crippen molar-refractivity contribution in [3.05, 3.63) is 70.1 Å². The van der Waals surface area contributed by atoms with Gasteiger partial charge in [0.05, 0.1) is 12.2 Å². The lowest BCUT2D eigenvalue weighted by Gasteiger charge is -2.08. The van der Waals surface area contributed by atoms with Gasteiger partial charge >= 0.3 is 0 Å². The molecule has 6 heteroatoms. The van der Waals surface area contributed by atoms with Crippen LogP contribution in [0.1, 0.15) is 17.3 Å². The quantitative estimate of drug-likeness (QED) is 0.628. The number of aryl methyl sites for hydroxylation is 2. The number of benzene rings is 1. The van der Waals surface area contributed by atoms with Gasteiger partial charge in [-0.05, 0) is 37.3 Å². The normalized spacial score (nSPS) is 11.2. The summed E-state index contributed by atoms with van der Waals surface area (Å²) in [6.45, 7) is 4.17. The van der Waals surface area contributed by atoms with E-state index in [1.807, 2.05) is 50.2 Å². The largest absolute Gasteiger partial charge is 0.441 e. The molecule has 0 aliphatic carbocycles. The van der Waals surface area contributed by atoms with Gasteiger partial charge in [-0.3, -0.25) is 9.20 Å². The Morgan fingerprint density at radius 2 is 2.00 bits per heavy atom. The van der Waals surface area contributed by atoms with Gasteiger partial charge in [0.2, 0.25) is 0 Å². The number of hydrogen-bond acceptors (Lipinski definition) is 5. The summed E-state index contributed by atoms with van der Waals surface area (Å²) in [4.78, 5) is 21.1. The Kier molecular flexibility index (Phi) is 3.30. The van der Waals surface area contributed by atoms with E-state index in [1.54, 1.807) is 10.5 Å². The van der Waals surface area contributed by atoms with Crippen molar-refractivity contribution >= 4 is 22.4 Å². The van der Waals surface area contributed by atoms with E-state index in [0.29, 0.717) is 23.8 Å². The second-order valence-corrected chi connectivity index (χ2v) is 5.72. The van der Waals surface area contributed by atoms with E-state index in [1.165, 1.54) is 0 Å². The van der Waals surface area contributed by atoms with Crippen molar-refractivity contribution in [3.63, 3.8) is 0 Å². The van der Waals surface area contributed by atoms with E-state index in [4.69, 9.17) is 4.42 Å². The van der Waals surface area contributed by atoms with E-state index in [2.05, 4.69) is 15.3 Å². The highest BCUT2D eigenvalue weighted by Crippen LogP contribution is 2.20. The number of rotatable bonds is 3. The van der Waals surface area contributed by atoms with Crippen LogP contribution in [0.4, 0.5) is 5.69 Å². The Balaban J connectivity index is 1.62. The number of pyridine rings is 1. The molecule has 0 bridgehead atoms. The maximum Gasteiger partial charge on any atom is 0.258 e. The molecule has 4 aromatic rings. The summed E-state index contributed by atoms with van der Waals surface area (Å²) in [6, 6.07) is 12.9. The summed E-state index contributed by atoms with van der Waals surface area (Å²) in [6.07, 6.45) is 0. The molecule has 0 radical (unpaired) electrons. The van der Waals surface area contributed by atoms with Crippen LogP contribution >= 0.6 is 0 Å². The molecule has 1 aromatic carbocycles. The molecule has 0 unspecified atom stereocenters. The number of anilines is 1. The van der Waals surface area contributed by atoms with Gasteiger partial charge in [0.25, 0.3) is 5.56 Å². The smallest absolute Gasteiger partial charge is 0.258 e. The predicted molar refractivity (Wildman–Crippen MR) is 92.3 cm³/mol. The molecule has 4 rings (SSSR count). The molecule has 24 heavy (non-hydrogen) atoms. The fraction of sp³-hybridized carbons (Fsp3) is 0.167. The third-order valence-corrected chi connectivity index (χ3v) is 3.90. The molecular weight excluding hydrogens is 304 g/mol. The van der Waals surface area contributed by atoms with E-state index in [-0.39, 0.29) is 5.56 Å². The molecule has 0 atom stereocenters. The summed E-state index contributed by atoms with van der Waals surface area (Å²) >= 11 is 0. The molecule has 6 nitrogen and oxygen atoms in total. The molecule has 0 amide bonds. The van der Waals surface area contributed by atoms with E-state index < -0.39 is 0 Å². The van der Waals surface area contributed by atoms with Gasteiger partial charge in [-0.15, -0.1) is 0 Å². The van der Waals surface area contributed by atoms with Crippen molar-refractivity contribution in [1.82, 2.24) is 14.4 Å². The highest BCUT2D eigenvalue weighted by atomic mass is 16.3. The van der Waals surface area contributed by atoms with Gasteiger partial charge in [-0.2, -0.15) is 0 Å². The molecule has 0 aliphatic rings. The lowest BCUT2D eigenvalue weighted by atomic mass is 10.2. The van der Waals surface area contributed by atoms with Crippen molar-refractivity contribution in [2.45, 2.75) is 20.4 Å². The Morgan fingerprint density at radius 1 is 1.12 bits per heavy atom. The fourth-order valence-electron chi connectivity index (χ4n) is 2.80. The second kappa shape index (κ2) is 5.49. The zero-order valence-corrected chi connectivity index (χ0v) is 13.4. The van der Waals surface area contributed by atoms with Crippen molar-refractivity contribution in [1.29, 1.82) is 0 Å². The molecule has 1 N–H and O–H groups in total. The van der Waals surface area contributed by atoms with Gasteiger partial charge < -0.3 is 9.73 Å². The van der Waals surface area contributed by atoms with Crippen LogP contribution in [0, 0.1) is 13.8 Å². The van der Waals surface area contributed by atoms with Gasteiger partial charge in [0.1, 0.15) is 11.2 Å². The molecule has 3 aromatic heterocycles. The standard InChI is InChI=1S/C18H16N4O2/c1-11-4-3-5-17-21-14(9-18(23)22(11)17)10-19-13-6-7-16-15(8-13)20-12(2)24-16/h3-9,19H,10H2,1-2H3. The van der Waals surface area contributed by atoms with Crippen LogP contribution in [-0.2, 0) is 6.54 Å². The Hall–Kier alpha value is -3.15. The first-order valence-corrected chi connectivity index (χ1v) is 7.69. The maximum atomic E-state index is 12.3. The minimum Gasteiger partial charge on any atom is -0.441 e. The third-order valence-electron chi connectivity index (χ3n) is 3.90. The fourth-order valence-corrected chi connectivity index (χ4v) is 2.80. The summed E-state index contributed by atoms with van der Waals surface area (Å²) in [5, 5.41) is 3.28. The zero-order valence-electron chi connectivity index (χ0n) is 13.4.